The molecule has 0 saturated heterocycles. The number of benzene rings is 2. The highest BCUT2D eigenvalue weighted by Crippen LogP contribution is 2.37. The number of methoxy groups -OCH3 is 2. The Morgan fingerprint density at radius 1 is 0.857 bits per heavy atom. The predicted molar refractivity (Wildman–Crippen MR) is 101 cm³/mol. The Balaban J connectivity index is 2.43. The average molecular weight is 416 g/mol. The second-order valence-electron chi connectivity index (χ2n) is 6.06. The summed E-state index contributed by atoms with van der Waals surface area (Å²) in [5.74, 6) is 0.273. The van der Waals surface area contributed by atoms with E-state index in [0.717, 1.165) is 0 Å². The lowest BCUT2D eigenvalue weighted by Crippen LogP contribution is -2.23. The molecule has 0 aliphatic rings. The molecule has 0 amide bonds. The molecule has 2 unspecified atom stereocenters. The van der Waals surface area contributed by atoms with Gasteiger partial charge in [-0.2, -0.15) is 8.42 Å². The van der Waals surface area contributed by atoms with Crippen molar-refractivity contribution in [3.63, 3.8) is 0 Å². The van der Waals surface area contributed by atoms with Crippen LogP contribution in [0.2, 0.25) is 0 Å². The maximum absolute atomic E-state index is 11.7. The molecule has 0 saturated carbocycles. The number of aliphatic hydroxyl groups is 2. The summed E-state index contributed by atoms with van der Waals surface area (Å²) >= 11 is 0. The first-order chi connectivity index (χ1) is 13.3. The maximum atomic E-state index is 11.7. The van der Waals surface area contributed by atoms with E-state index in [-0.39, 0.29) is 32.2 Å². The van der Waals surface area contributed by atoms with E-state index in [1.54, 1.807) is 18.2 Å². The Morgan fingerprint density at radius 3 is 2.04 bits per heavy atom. The van der Waals surface area contributed by atoms with Gasteiger partial charge < -0.3 is 29.2 Å². The maximum Gasteiger partial charge on any atom is 0.298 e. The van der Waals surface area contributed by atoms with Crippen molar-refractivity contribution in [2.45, 2.75) is 17.1 Å². The van der Waals surface area contributed by atoms with Crippen molar-refractivity contribution in [2.24, 2.45) is 0 Å². The molecule has 2 aromatic carbocycles. The number of fused-ring (bicyclic) bond motifs is 1. The van der Waals surface area contributed by atoms with Gasteiger partial charge in [-0.25, -0.2) is 0 Å². The standard InChI is InChI=1S/C18H24O9S/c1-24-8-12(19)10-26-16-5-3-4-15-14(16)6-7-17(28(21,22)23)18(15)27-11-13(20)9-25-2/h3-7,12-13,19-20H,8-11H2,1-2H3,(H,21,22,23). The molecule has 2 atom stereocenters. The number of hydrogen-bond acceptors (Lipinski definition) is 8. The first-order valence-corrected chi connectivity index (χ1v) is 9.84. The Morgan fingerprint density at radius 2 is 1.46 bits per heavy atom. The highest BCUT2D eigenvalue weighted by atomic mass is 32.2. The molecule has 156 valence electrons. The van der Waals surface area contributed by atoms with Crippen LogP contribution >= 0.6 is 0 Å². The monoisotopic (exact) mass is 416 g/mol. The van der Waals surface area contributed by atoms with Crippen LogP contribution in [0.4, 0.5) is 0 Å². The first-order valence-electron chi connectivity index (χ1n) is 8.40. The van der Waals surface area contributed by atoms with Crippen LogP contribution in [0.3, 0.4) is 0 Å². The highest BCUT2D eigenvalue weighted by molar-refractivity contribution is 7.86. The first kappa shape index (κ1) is 22.3. The van der Waals surface area contributed by atoms with Gasteiger partial charge in [0.2, 0.25) is 0 Å². The van der Waals surface area contributed by atoms with Gasteiger partial charge in [-0.3, -0.25) is 4.55 Å². The lowest BCUT2D eigenvalue weighted by Gasteiger charge is -2.17. The lowest BCUT2D eigenvalue weighted by atomic mass is 10.1. The minimum Gasteiger partial charge on any atom is -0.490 e. The van der Waals surface area contributed by atoms with E-state index in [9.17, 15) is 23.2 Å². The van der Waals surface area contributed by atoms with E-state index >= 15 is 0 Å². The zero-order valence-electron chi connectivity index (χ0n) is 15.6. The molecular weight excluding hydrogens is 392 g/mol. The second-order valence-corrected chi connectivity index (χ2v) is 7.45. The van der Waals surface area contributed by atoms with E-state index in [4.69, 9.17) is 18.9 Å². The normalized spacial score (nSPS) is 14.0. The number of hydrogen-bond donors (Lipinski definition) is 3. The number of ether oxygens (including phenoxy) is 4. The van der Waals surface area contributed by atoms with Crippen molar-refractivity contribution >= 4 is 20.9 Å². The van der Waals surface area contributed by atoms with Crippen LogP contribution in [-0.4, -0.2) is 76.0 Å². The van der Waals surface area contributed by atoms with Crippen molar-refractivity contribution in [3.05, 3.63) is 30.3 Å². The Labute approximate surface area is 163 Å². The third-order valence-electron chi connectivity index (χ3n) is 3.78. The van der Waals surface area contributed by atoms with Crippen LogP contribution in [0.5, 0.6) is 11.5 Å². The van der Waals surface area contributed by atoms with Gasteiger partial charge in [0.05, 0.1) is 13.2 Å². The molecule has 0 aromatic heterocycles. The minimum absolute atomic E-state index is 0.00226. The van der Waals surface area contributed by atoms with Crippen LogP contribution in [0.15, 0.2) is 35.2 Å². The van der Waals surface area contributed by atoms with Crippen LogP contribution in [0.1, 0.15) is 0 Å². The van der Waals surface area contributed by atoms with Gasteiger partial charge in [-0.1, -0.05) is 12.1 Å². The summed E-state index contributed by atoms with van der Waals surface area (Å²) in [5, 5.41) is 20.4. The number of aliphatic hydroxyl groups excluding tert-OH is 2. The fourth-order valence-electron chi connectivity index (χ4n) is 2.61. The van der Waals surface area contributed by atoms with E-state index in [1.165, 1.54) is 26.4 Å². The zero-order chi connectivity index (χ0) is 20.7. The fraction of sp³-hybridized carbons (Fsp3) is 0.444. The highest BCUT2D eigenvalue weighted by Gasteiger charge is 2.22. The van der Waals surface area contributed by atoms with Crippen LogP contribution < -0.4 is 9.47 Å². The lowest BCUT2D eigenvalue weighted by molar-refractivity contribution is 0.0320. The third kappa shape index (κ3) is 5.77. The largest absolute Gasteiger partial charge is 0.490 e. The molecule has 2 aromatic rings. The molecule has 0 radical (unpaired) electrons. The molecule has 10 heteroatoms. The summed E-state index contributed by atoms with van der Waals surface area (Å²) < 4.78 is 53.8. The summed E-state index contributed by atoms with van der Waals surface area (Å²) in [6.07, 6.45) is -1.82. The minimum atomic E-state index is -4.57. The molecule has 0 heterocycles. The van der Waals surface area contributed by atoms with E-state index in [2.05, 4.69) is 0 Å². The molecule has 3 N–H and O–H groups in total. The topological polar surface area (TPSA) is 132 Å². The Hall–Kier alpha value is -1.95. The van der Waals surface area contributed by atoms with Crippen molar-refractivity contribution in [1.82, 2.24) is 0 Å². The molecule has 0 aliphatic heterocycles. The summed E-state index contributed by atoms with van der Waals surface area (Å²) in [6, 6.07) is 7.52. The second kappa shape index (κ2) is 10.0. The summed E-state index contributed by atoms with van der Waals surface area (Å²) in [6.45, 7) is -0.177. The van der Waals surface area contributed by atoms with Crippen LogP contribution in [0, 0.1) is 0 Å². The summed E-state index contributed by atoms with van der Waals surface area (Å²) in [5.41, 5.74) is 0. The third-order valence-corrected chi connectivity index (χ3v) is 4.66. The number of rotatable bonds is 11. The van der Waals surface area contributed by atoms with Gasteiger partial charge in [-0.15, -0.1) is 0 Å². The molecule has 0 fully saturated rings. The summed E-state index contributed by atoms with van der Waals surface area (Å²) in [4.78, 5) is -0.429. The molecule has 28 heavy (non-hydrogen) atoms. The predicted octanol–water partition coefficient (Wildman–Crippen LogP) is 0.859. The van der Waals surface area contributed by atoms with Crippen molar-refractivity contribution in [2.75, 3.05) is 40.6 Å². The van der Waals surface area contributed by atoms with Gasteiger partial charge in [-0.05, 0) is 18.2 Å². The fourth-order valence-corrected chi connectivity index (χ4v) is 3.25. The molecular formula is C18H24O9S. The van der Waals surface area contributed by atoms with E-state index in [1.807, 2.05) is 0 Å². The van der Waals surface area contributed by atoms with Gasteiger partial charge in [0.15, 0.2) is 0 Å². The van der Waals surface area contributed by atoms with Crippen LogP contribution in [-0.2, 0) is 19.6 Å². The smallest absolute Gasteiger partial charge is 0.298 e. The van der Waals surface area contributed by atoms with Gasteiger partial charge in [0, 0.05) is 25.0 Å². The molecule has 9 nitrogen and oxygen atoms in total. The van der Waals surface area contributed by atoms with Crippen molar-refractivity contribution in [3.8, 4) is 11.5 Å². The van der Waals surface area contributed by atoms with Crippen molar-refractivity contribution in [1.29, 1.82) is 0 Å². The van der Waals surface area contributed by atoms with Crippen molar-refractivity contribution < 1.29 is 42.1 Å². The summed E-state index contributed by atoms with van der Waals surface area (Å²) in [7, 11) is -1.70. The van der Waals surface area contributed by atoms with Gasteiger partial charge >= 0.3 is 0 Å². The quantitative estimate of drug-likeness (QED) is 0.456. The van der Waals surface area contributed by atoms with Gasteiger partial charge in [0.25, 0.3) is 10.1 Å². The molecule has 0 aliphatic carbocycles. The SMILES string of the molecule is COCC(O)COc1cccc2c(OCC(O)COC)c(S(=O)(=O)O)ccc12. The van der Waals surface area contributed by atoms with E-state index < -0.39 is 27.2 Å². The molecule has 0 bridgehead atoms. The van der Waals surface area contributed by atoms with E-state index in [0.29, 0.717) is 16.5 Å². The Kier molecular flexibility index (Phi) is 7.98. The van der Waals surface area contributed by atoms with Crippen LogP contribution in [0.25, 0.3) is 10.8 Å². The molecule has 2 rings (SSSR count). The molecule has 0 spiro atoms. The van der Waals surface area contributed by atoms with Gasteiger partial charge in [0.1, 0.15) is 41.8 Å². The Bertz CT molecular complexity index is 882. The average Bonchev–Trinajstić information content (AvgIpc) is 2.63. The zero-order valence-corrected chi connectivity index (χ0v) is 16.4.